The van der Waals surface area contributed by atoms with Gasteiger partial charge >= 0.3 is 5.69 Å². The maximum atomic E-state index is 11.1. The van der Waals surface area contributed by atoms with Gasteiger partial charge < -0.3 is 4.74 Å². The van der Waals surface area contributed by atoms with Crippen molar-refractivity contribution < 1.29 is 9.66 Å². The summed E-state index contributed by atoms with van der Waals surface area (Å²) in [7, 11) is 0. The van der Waals surface area contributed by atoms with E-state index in [0.29, 0.717) is 9.85 Å². The van der Waals surface area contributed by atoms with E-state index in [9.17, 15) is 10.1 Å². The summed E-state index contributed by atoms with van der Waals surface area (Å²) in [6.07, 6.45) is 2.78. The fourth-order valence-electron chi connectivity index (χ4n) is 2.90. The molecule has 1 aliphatic rings. The van der Waals surface area contributed by atoms with E-state index < -0.39 is 4.92 Å². The zero-order valence-corrected chi connectivity index (χ0v) is 13.8. The second kappa shape index (κ2) is 5.90. The van der Waals surface area contributed by atoms with E-state index in [-0.39, 0.29) is 23.0 Å². The second-order valence-electron chi connectivity index (χ2n) is 5.12. The Kier molecular flexibility index (Phi) is 4.59. The number of alkyl halides is 1. The standard InChI is InChI=1S/C14H17BrClNO3/c1-3-14(4-2)12(15)8-13(14)20-11-7-9(16)5-6-10(11)17(18)19/h5-7,12-13H,3-4,8H2,1-2H3. The molecule has 6 heteroatoms. The Hall–Kier alpha value is -0.810. The Balaban J connectivity index is 2.27. The van der Waals surface area contributed by atoms with Crippen LogP contribution in [0.2, 0.25) is 5.02 Å². The Bertz CT molecular complexity index is 519. The lowest BCUT2D eigenvalue weighted by molar-refractivity contribution is -0.386. The van der Waals surface area contributed by atoms with Gasteiger partial charge in [-0.2, -0.15) is 0 Å². The molecule has 2 unspecified atom stereocenters. The van der Waals surface area contributed by atoms with Gasteiger partial charge in [-0.05, 0) is 25.3 Å². The molecule has 0 heterocycles. The van der Waals surface area contributed by atoms with Crippen molar-refractivity contribution >= 4 is 33.2 Å². The first-order valence-corrected chi connectivity index (χ1v) is 7.98. The summed E-state index contributed by atoms with van der Waals surface area (Å²) in [6, 6.07) is 4.42. The number of nitrogens with zero attached hydrogens (tertiary/aromatic N) is 1. The Morgan fingerprint density at radius 2 is 2.15 bits per heavy atom. The highest BCUT2D eigenvalue weighted by Crippen LogP contribution is 2.53. The molecule has 1 aromatic rings. The number of nitro groups is 1. The molecular formula is C14H17BrClNO3. The minimum Gasteiger partial charge on any atom is -0.483 e. The van der Waals surface area contributed by atoms with Crippen LogP contribution >= 0.6 is 27.5 Å². The highest BCUT2D eigenvalue weighted by Gasteiger charge is 2.53. The maximum Gasteiger partial charge on any atom is 0.311 e. The second-order valence-corrected chi connectivity index (χ2v) is 6.66. The monoisotopic (exact) mass is 361 g/mol. The third kappa shape index (κ3) is 2.53. The summed E-state index contributed by atoms with van der Waals surface area (Å²) >= 11 is 9.60. The van der Waals surface area contributed by atoms with Crippen molar-refractivity contribution in [1.82, 2.24) is 0 Å². The van der Waals surface area contributed by atoms with Crippen molar-refractivity contribution in [2.75, 3.05) is 0 Å². The molecule has 0 aliphatic heterocycles. The van der Waals surface area contributed by atoms with E-state index in [1.807, 2.05) is 0 Å². The summed E-state index contributed by atoms with van der Waals surface area (Å²) in [4.78, 5) is 11.0. The Morgan fingerprint density at radius 1 is 1.50 bits per heavy atom. The number of ether oxygens (including phenoxy) is 1. The highest BCUT2D eigenvalue weighted by molar-refractivity contribution is 9.09. The molecule has 1 saturated carbocycles. The predicted octanol–water partition coefficient (Wildman–Crippen LogP) is 4.97. The van der Waals surface area contributed by atoms with Gasteiger partial charge in [0.25, 0.3) is 0 Å². The normalized spacial score (nSPS) is 24.0. The number of halogens is 2. The molecule has 4 nitrogen and oxygen atoms in total. The van der Waals surface area contributed by atoms with Crippen molar-refractivity contribution in [2.45, 2.75) is 44.0 Å². The van der Waals surface area contributed by atoms with Gasteiger partial charge in [0.15, 0.2) is 5.75 Å². The van der Waals surface area contributed by atoms with E-state index in [2.05, 4.69) is 29.8 Å². The lowest BCUT2D eigenvalue weighted by atomic mass is 9.62. The number of rotatable bonds is 5. The molecule has 2 atom stereocenters. The van der Waals surface area contributed by atoms with Gasteiger partial charge in [0.2, 0.25) is 0 Å². The molecule has 2 rings (SSSR count). The molecule has 1 aromatic carbocycles. The number of benzene rings is 1. The van der Waals surface area contributed by atoms with Crippen LogP contribution in [0.1, 0.15) is 33.1 Å². The molecule has 0 N–H and O–H groups in total. The Labute approximate surface area is 131 Å². The molecule has 0 aromatic heterocycles. The quantitative estimate of drug-likeness (QED) is 0.422. The molecule has 0 spiro atoms. The summed E-state index contributed by atoms with van der Waals surface area (Å²) in [6.45, 7) is 4.25. The van der Waals surface area contributed by atoms with Gasteiger partial charge in [-0.25, -0.2) is 0 Å². The lowest BCUT2D eigenvalue weighted by Gasteiger charge is -2.52. The van der Waals surface area contributed by atoms with Gasteiger partial charge in [-0.1, -0.05) is 41.4 Å². The fraction of sp³-hybridized carbons (Fsp3) is 0.571. The summed E-state index contributed by atoms with van der Waals surface area (Å²) in [5, 5.41) is 11.5. The summed E-state index contributed by atoms with van der Waals surface area (Å²) in [5.74, 6) is 0.262. The number of nitro benzene ring substituents is 1. The molecule has 0 saturated heterocycles. The van der Waals surface area contributed by atoms with E-state index in [0.717, 1.165) is 19.3 Å². The van der Waals surface area contributed by atoms with Gasteiger partial charge in [-0.15, -0.1) is 0 Å². The smallest absolute Gasteiger partial charge is 0.311 e. The molecule has 0 radical (unpaired) electrons. The van der Waals surface area contributed by atoms with Crippen LogP contribution in [0, 0.1) is 15.5 Å². The minimum atomic E-state index is -0.435. The van der Waals surface area contributed by atoms with E-state index in [4.69, 9.17) is 16.3 Å². The number of hydrogen-bond acceptors (Lipinski definition) is 3. The molecule has 1 aliphatic carbocycles. The van der Waals surface area contributed by atoms with Crippen molar-refractivity contribution in [3.05, 3.63) is 33.3 Å². The zero-order valence-electron chi connectivity index (χ0n) is 11.4. The van der Waals surface area contributed by atoms with E-state index >= 15 is 0 Å². The van der Waals surface area contributed by atoms with Crippen molar-refractivity contribution in [3.8, 4) is 5.75 Å². The Morgan fingerprint density at radius 3 is 2.65 bits per heavy atom. The first kappa shape index (κ1) is 15.6. The van der Waals surface area contributed by atoms with Gasteiger partial charge in [0.1, 0.15) is 6.10 Å². The van der Waals surface area contributed by atoms with E-state index in [1.165, 1.54) is 18.2 Å². The van der Waals surface area contributed by atoms with Gasteiger partial charge in [0, 0.05) is 27.4 Å². The van der Waals surface area contributed by atoms with Gasteiger partial charge in [-0.3, -0.25) is 10.1 Å². The molecule has 1 fully saturated rings. The van der Waals surface area contributed by atoms with Crippen molar-refractivity contribution in [1.29, 1.82) is 0 Å². The van der Waals surface area contributed by atoms with Crippen LogP contribution in [0.5, 0.6) is 5.75 Å². The van der Waals surface area contributed by atoms with Crippen LogP contribution in [0.25, 0.3) is 0 Å². The predicted molar refractivity (Wildman–Crippen MR) is 82.9 cm³/mol. The third-order valence-corrected chi connectivity index (χ3v) is 5.91. The summed E-state index contributed by atoms with van der Waals surface area (Å²) in [5.41, 5.74) is 0.00411. The highest BCUT2D eigenvalue weighted by atomic mass is 79.9. The molecule has 0 bridgehead atoms. The van der Waals surface area contributed by atoms with Crippen LogP contribution in [0.3, 0.4) is 0 Å². The third-order valence-electron chi connectivity index (χ3n) is 4.39. The van der Waals surface area contributed by atoms with Crippen LogP contribution in [0.4, 0.5) is 5.69 Å². The topological polar surface area (TPSA) is 52.4 Å². The van der Waals surface area contributed by atoms with Crippen LogP contribution in [-0.4, -0.2) is 15.9 Å². The zero-order chi connectivity index (χ0) is 14.9. The van der Waals surface area contributed by atoms with Gasteiger partial charge in [0.05, 0.1) is 4.92 Å². The van der Waals surface area contributed by atoms with Crippen LogP contribution in [0.15, 0.2) is 18.2 Å². The van der Waals surface area contributed by atoms with Crippen molar-refractivity contribution in [3.63, 3.8) is 0 Å². The fourth-order valence-corrected chi connectivity index (χ4v) is 4.34. The minimum absolute atomic E-state index is 0.0148. The lowest BCUT2D eigenvalue weighted by Crippen LogP contribution is -2.56. The number of hydrogen-bond donors (Lipinski definition) is 0. The van der Waals surface area contributed by atoms with E-state index in [1.54, 1.807) is 0 Å². The average molecular weight is 363 g/mol. The first-order valence-electron chi connectivity index (χ1n) is 6.69. The molecular weight excluding hydrogens is 346 g/mol. The van der Waals surface area contributed by atoms with Crippen LogP contribution in [-0.2, 0) is 0 Å². The average Bonchev–Trinajstić information content (AvgIpc) is 2.39. The SMILES string of the molecule is CCC1(CC)C(Br)CC1Oc1cc(Cl)ccc1[N+](=O)[O-]. The summed E-state index contributed by atoms with van der Waals surface area (Å²) < 4.78 is 5.94. The largest absolute Gasteiger partial charge is 0.483 e. The molecule has 0 amide bonds. The first-order chi connectivity index (χ1) is 9.44. The van der Waals surface area contributed by atoms with Crippen LogP contribution < -0.4 is 4.74 Å². The van der Waals surface area contributed by atoms with Crippen molar-refractivity contribution in [2.24, 2.45) is 5.41 Å². The molecule has 20 heavy (non-hydrogen) atoms. The molecule has 110 valence electrons. The maximum absolute atomic E-state index is 11.1.